The molecule has 9 nitrogen and oxygen atoms in total. The molecule has 6 rings (SSSR count). The summed E-state index contributed by atoms with van der Waals surface area (Å²) < 4.78 is 27.4. The average Bonchev–Trinajstić information content (AvgIpc) is 3.68. The summed E-state index contributed by atoms with van der Waals surface area (Å²) in [5.74, 6) is 1.45. The van der Waals surface area contributed by atoms with Gasteiger partial charge in [0.1, 0.15) is 17.8 Å². The lowest BCUT2D eigenvalue weighted by Crippen LogP contribution is -2.48. The van der Waals surface area contributed by atoms with Crippen LogP contribution in [0.4, 0.5) is 10.1 Å². The molecule has 1 aliphatic rings. The minimum Gasteiger partial charge on any atom is -0.497 e. The quantitative estimate of drug-likeness (QED) is 0.232. The number of nitrogens with zero attached hydrogens (tertiary/aromatic N) is 6. The Morgan fingerprint density at radius 1 is 0.951 bits per heavy atom. The summed E-state index contributed by atoms with van der Waals surface area (Å²) in [6.45, 7) is 2.59. The Morgan fingerprint density at radius 3 is 2.41 bits per heavy atom. The van der Waals surface area contributed by atoms with E-state index < -0.39 is 0 Å². The van der Waals surface area contributed by atoms with Crippen LogP contribution in [0.1, 0.15) is 16.4 Å². The third-order valence-electron chi connectivity index (χ3n) is 6.86. The van der Waals surface area contributed by atoms with Gasteiger partial charge in [-0.25, -0.2) is 9.37 Å². The highest BCUT2D eigenvalue weighted by Gasteiger charge is 2.25. The summed E-state index contributed by atoms with van der Waals surface area (Å²) in [4.78, 5) is 21.6. The molecule has 2 aromatic heterocycles. The number of methoxy groups -OCH3 is 1. The number of piperazine rings is 1. The van der Waals surface area contributed by atoms with Crippen molar-refractivity contribution in [1.82, 2.24) is 24.6 Å². The van der Waals surface area contributed by atoms with E-state index in [-0.39, 0.29) is 17.4 Å². The molecule has 208 valence electrons. The number of amides is 1. The largest absolute Gasteiger partial charge is 0.497 e. The van der Waals surface area contributed by atoms with Crippen molar-refractivity contribution in [1.29, 1.82) is 0 Å². The maximum Gasteiger partial charge on any atom is 0.275 e. The zero-order chi connectivity index (χ0) is 28.2. The molecule has 11 heteroatoms. The maximum atomic E-state index is 14.8. The van der Waals surface area contributed by atoms with Crippen LogP contribution in [0.5, 0.6) is 5.75 Å². The van der Waals surface area contributed by atoms with Crippen LogP contribution in [0.25, 0.3) is 17.1 Å². The molecule has 1 aliphatic heterocycles. The van der Waals surface area contributed by atoms with Crippen LogP contribution in [-0.4, -0.2) is 63.8 Å². The Kier molecular flexibility index (Phi) is 7.68. The van der Waals surface area contributed by atoms with Gasteiger partial charge < -0.3 is 19.0 Å². The molecule has 1 fully saturated rings. The highest BCUT2D eigenvalue weighted by atomic mass is 32.2. The molecule has 41 heavy (non-hydrogen) atoms. The van der Waals surface area contributed by atoms with E-state index in [9.17, 15) is 9.18 Å². The number of carbonyl (C=O) groups is 1. The van der Waals surface area contributed by atoms with Crippen LogP contribution in [-0.2, 0) is 5.75 Å². The average molecular weight is 571 g/mol. The van der Waals surface area contributed by atoms with Crippen LogP contribution < -0.4 is 9.64 Å². The van der Waals surface area contributed by atoms with Crippen molar-refractivity contribution >= 4 is 23.4 Å². The Morgan fingerprint density at radius 2 is 1.68 bits per heavy atom. The predicted molar refractivity (Wildman–Crippen MR) is 154 cm³/mol. The van der Waals surface area contributed by atoms with E-state index in [1.54, 1.807) is 34.8 Å². The van der Waals surface area contributed by atoms with Crippen molar-refractivity contribution in [2.45, 2.75) is 10.9 Å². The normalized spacial score (nSPS) is 13.4. The van der Waals surface area contributed by atoms with Crippen LogP contribution in [0.15, 0.2) is 94.7 Å². The SMILES string of the molecule is COc1ccc(N2CCN(C(=O)c3coc(CSc4nnc(-c5ccccc5)n4-c4ccccc4F)n3)CC2)cc1. The van der Waals surface area contributed by atoms with E-state index in [1.807, 2.05) is 54.6 Å². The van der Waals surface area contributed by atoms with Crippen molar-refractivity contribution in [2.24, 2.45) is 0 Å². The smallest absolute Gasteiger partial charge is 0.275 e. The number of hydrogen-bond acceptors (Lipinski definition) is 8. The van der Waals surface area contributed by atoms with E-state index in [4.69, 9.17) is 9.15 Å². The minimum atomic E-state index is -0.387. The minimum absolute atomic E-state index is 0.166. The molecule has 1 saturated heterocycles. The first kappa shape index (κ1) is 26.6. The van der Waals surface area contributed by atoms with Gasteiger partial charge in [0, 0.05) is 37.4 Å². The van der Waals surface area contributed by atoms with Crippen molar-refractivity contribution < 1.29 is 18.3 Å². The molecule has 0 bridgehead atoms. The van der Waals surface area contributed by atoms with Crippen LogP contribution in [0.2, 0.25) is 0 Å². The molecule has 3 aromatic carbocycles. The number of carbonyl (C=O) groups excluding carboxylic acids is 1. The van der Waals surface area contributed by atoms with E-state index >= 15 is 0 Å². The highest BCUT2D eigenvalue weighted by molar-refractivity contribution is 7.98. The second-order valence-corrected chi connectivity index (χ2v) is 10.3. The molecule has 0 atom stereocenters. The van der Waals surface area contributed by atoms with Crippen molar-refractivity contribution in [3.63, 3.8) is 0 Å². The summed E-state index contributed by atoms with van der Waals surface area (Å²) in [7, 11) is 1.65. The van der Waals surface area contributed by atoms with Gasteiger partial charge in [0.2, 0.25) is 5.89 Å². The molecule has 5 aromatic rings. The Labute approximate surface area is 240 Å². The van der Waals surface area contributed by atoms with E-state index in [0.717, 1.165) is 17.0 Å². The van der Waals surface area contributed by atoms with Gasteiger partial charge in [-0.15, -0.1) is 10.2 Å². The number of ether oxygens (including phenoxy) is 1. The number of hydrogen-bond donors (Lipinski definition) is 0. The van der Waals surface area contributed by atoms with Gasteiger partial charge in [0.25, 0.3) is 5.91 Å². The molecular weight excluding hydrogens is 543 g/mol. The third-order valence-corrected chi connectivity index (χ3v) is 7.77. The molecule has 0 N–H and O–H groups in total. The topological polar surface area (TPSA) is 89.5 Å². The van der Waals surface area contributed by atoms with Crippen LogP contribution >= 0.6 is 11.8 Å². The zero-order valence-corrected chi connectivity index (χ0v) is 23.1. The Bertz CT molecular complexity index is 1630. The molecular formula is C30H27FN6O3S. The second kappa shape index (κ2) is 11.8. The Balaban J connectivity index is 1.13. The predicted octanol–water partition coefficient (Wildman–Crippen LogP) is 5.32. The first-order valence-corrected chi connectivity index (χ1v) is 14.1. The molecule has 1 amide bonds. The number of oxazole rings is 1. The number of anilines is 1. The number of para-hydroxylation sites is 1. The third kappa shape index (κ3) is 5.66. The van der Waals surface area contributed by atoms with E-state index in [1.165, 1.54) is 24.1 Å². The monoisotopic (exact) mass is 570 g/mol. The number of rotatable bonds is 8. The summed E-state index contributed by atoms with van der Waals surface area (Å²) in [5, 5.41) is 9.17. The van der Waals surface area contributed by atoms with E-state index in [2.05, 4.69) is 20.1 Å². The summed E-state index contributed by atoms with van der Waals surface area (Å²) in [6, 6.07) is 23.9. The van der Waals surface area contributed by atoms with Gasteiger partial charge in [-0.05, 0) is 36.4 Å². The van der Waals surface area contributed by atoms with Crippen molar-refractivity contribution in [3.8, 4) is 22.8 Å². The molecule has 0 aliphatic carbocycles. The van der Waals surface area contributed by atoms with Crippen molar-refractivity contribution in [3.05, 3.63) is 103 Å². The lowest BCUT2D eigenvalue weighted by atomic mass is 10.2. The maximum absolute atomic E-state index is 14.8. The van der Waals surface area contributed by atoms with Gasteiger partial charge in [-0.3, -0.25) is 9.36 Å². The summed E-state index contributed by atoms with van der Waals surface area (Å²) in [5.41, 5.74) is 2.51. The van der Waals surface area contributed by atoms with Gasteiger partial charge in [0.05, 0.1) is 18.6 Å². The number of halogens is 1. The fourth-order valence-corrected chi connectivity index (χ4v) is 5.51. The van der Waals surface area contributed by atoms with Crippen LogP contribution in [0.3, 0.4) is 0 Å². The molecule has 0 unspecified atom stereocenters. The molecule has 0 spiro atoms. The lowest BCUT2D eigenvalue weighted by Gasteiger charge is -2.35. The van der Waals surface area contributed by atoms with Crippen LogP contribution in [0, 0.1) is 5.82 Å². The Hall–Kier alpha value is -4.64. The van der Waals surface area contributed by atoms with Crippen molar-refractivity contribution in [2.75, 3.05) is 38.2 Å². The first-order chi connectivity index (χ1) is 20.1. The van der Waals surface area contributed by atoms with Gasteiger partial charge in [-0.2, -0.15) is 0 Å². The van der Waals surface area contributed by atoms with Gasteiger partial charge in [-0.1, -0.05) is 54.2 Å². The van der Waals surface area contributed by atoms with Gasteiger partial charge in [0.15, 0.2) is 16.7 Å². The van der Waals surface area contributed by atoms with E-state index in [0.29, 0.717) is 54.5 Å². The summed E-state index contributed by atoms with van der Waals surface area (Å²) in [6.07, 6.45) is 1.39. The number of benzene rings is 3. The number of aromatic nitrogens is 4. The summed E-state index contributed by atoms with van der Waals surface area (Å²) >= 11 is 1.31. The standard InChI is InChI=1S/C30H27FN6O3S/c1-39-23-13-11-22(12-14-23)35-15-17-36(18-16-35)29(38)25-19-40-27(32-25)20-41-30-34-33-28(21-7-3-2-4-8-21)37(30)26-10-6-5-9-24(26)31/h2-14,19H,15-18,20H2,1H3. The fourth-order valence-electron chi connectivity index (χ4n) is 4.71. The van der Waals surface area contributed by atoms with Gasteiger partial charge >= 0.3 is 0 Å². The number of thioether (sulfide) groups is 1. The first-order valence-electron chi connectivity index (χ1n) is 13.1. The fraction of sp³-hybridized carbons (Fsp3) is 0.200. The molecule has 0 radical (unpaired) electrons. The molecule has 0 saturated carbocycles. The zero-order valence-electron chi connectivity index (χ0n) is 22.3. The molecule has 3 heterocycles. The highest BCUT2D eigenvalue weighted by Crippen LogP contribution is 2.31. The lowest BCUT2D eigenvalue weighted by molar-refractivity contribution is 0.0740. The second-order valence-electron chi connectivity index (χ2n) is 9.35.